The fourth-order valence-electron chi connectivity index (χ4n) is 4.97. The van der Waals surface area contributed by atoms with Crippen molar-refractivity contribution < 1.29 is 9.85 Å². The second-order valence-corrected chi connectivity index (χ2v) is 11.7. The molecule has 0 amide bonds. The van der Waals surface area contributed by atoms with Crippen molar-refractivity contribution in [3.63, 3.8) is 0 Å². The Morgan fingerprint density at radius 2 is 1.11 bits per heavy atom. The van der Waals surface area contributed by atoms with Crippen LogP contribution in [0.4, 0.5) is 28.7 Å². The third kappa shape index (κ3) is 11.6. The first kappa shape index (κ1) is 34.6. The highest BCUT2D eigenvalue weighted by atomic mass is 79.9. The molecule has 3 fully saturated rings. The van der Waals surface area contributed by atoms with Crippen LogP contribution in [0.5, 0.6) is 0 Å². The number of hydrogen-bond acceptors (Lipinski definition) is 11. The quantitative estimate of drug-likeness (QED) is 0.192. The Hall–Kier alpha value is -3.91. The van der Waals surface area contributed by atoms with Crippen LogP contribution in [0.15, 0.2) is 41.0 Å². The third-order valence-electron chi connectivity index (χ3n) is 7.03. The van der Waals surface area contributed by atoms with Crippen LogP contribution in [-0.4, -0.2) is 64.1 Å². The Labute approximate surface area is 266 Å². The molecule has 0 spiro atoms. The average molecular weight is 673 g/mol. The largest absolute Gasteiger partial charge is 0.399 e. The number of aromatic nitrogens is 3. The lowest BCUT2D eigenvalue weighted by Gasteiger charge is -2.16. The first-order valence-electron chi connectivity index (χ1n) is 14.9. The van der Waals surface area contributed by atoms with Crippen molar-refractivity contribution in [3.05, 3.63) is 78.3 Å². The Morgan fingerprint density at radius 1 is 0.682 bits per heavy atom. The summed E-state index contributed by atoms with van der Waals surface area (Å²) in [5.74, 6) is 1.77. The van der Waals surface area contributed by atoms with Gasteiger partial charge in [0.15, 0.2) is 0 Å². The fraction of sp³-hybridized carbons (Fsp3) is 0.500. The molecular formula is C30H42BrN9O4. The van der Waals surface area contributed by atoms with Gasteiger partial charge in [0.2, 0.25) is 0 Å². The maximum absolute atomic E-state index is 10.7. The van der Waals surface area contributed by atoms with E-state index in [-0.39, 0.29) is 16.3 Å². The summed E-state index contributed by atoms with van der Waals surface area (Å²) < 4.78 is 0.490. The van der Waals surface area contributed by atoms with Crippen LogP contribution in [0.25, 0.3) is 0 Å². The van der Waals surface area contributed by atoms with Gasteiger partial charge in [-0.1, -0.05) is 0 Å². The molecule has 0 unspecified atom stereocenters. The van der Waals surface area contributed by atoms with E-state index >= 15 is 0 Å². The van der Waals surface area contributed by atoms with E-state index in [0.29, 0.717) is 16.0 Å². The normalized spacial score (nSPS) is 15.4. The maximum Gasteiger partial charge on any atom is 0.274 e. The lowest BCUT2D eigenvalue weighted by atomic mass is 10.3. The van der Waals surface area contributed by atoms with Crippen LogP contribution >= 0.6 is 15.9 Å². The van der Waals surface area contributed by atoms with E-state index in [2.05, 4.69) is 46.0 Å². The second-order valence-electron chi connectivity index (χ2n) is 10.9. The highest BCUT2D eigenvalue weighted by Crippen LogP contribution is 2.24. The van der Waals surface area contributed by atoms with Crippen molar-refractivity contribution in [1.29, 1.82) is 0 Å². The molecule has 3 N–H and O–H groups in total. The molecule has 6 rings (SSSR count). The van der Waals surface area contributed by atoms with Crippen molar-refractivity contribution in [2.45, 2.75) is 59.3 Å². The van der Waals surface area contributed by atoms with E-state index in [4.69, 9.17) is 5.73 Å². The smallest absolute Gasteiger partial charge is 0.274 e. The molecule has 238 valence electrons. The van der Waals surface area contributed by atoms with Gasteiger partial charge in [-0.3, -0.25) is 20.2 Å². The van der Waals surface area contributed by atoms with E-state index in [9.17, 15) is 20.2 Å². The zero-order chi connectivity index (χ0) is 32.1. The van der Waals surface area contributed by atoms with E-state index in [1.165, 1.54) is 57.0 Å². The summed E-state index contributed by atoms with van der Waals surface area (Å²) in [5, 5.41) is 24.2. The van der Waals surface area contributed by atoms with Crippen LogP contribution in [-0.2, 0) is 0 Å². The monoisotopic (exact) mass is 671 g/mol. The van der Waals surface area contributed by atoms with E-state index in [1.54, 1.807) is 19.9 Å². The SMILES string of the molecule is C1CCNC1.Cc1cc(N)cc(N2CCCC2)n1.Cc1cc([N+](=O)[O-])cc(Br)n1.Cc1cc([N+](=O)[O-])cc(N2CCCC2)n1. The number of nitrogens with zero attached hydrogens (tertiary/aromatic N) is 7. The zero-order valence-electron chi connectivity index (χ0n) is 25.7. The van der Waals surface area contributed by atoms with Crippen molar-refractivity contribution in [2.24, 2.45) is 0 Å². The second kappa shape index (κ2) is 17.4. The predicted molar refractivity (Wildman–Crippen MR) is 177 cm³/mol. The molecule has 0 aromatic carbocycles. The van der Waals surface area contributed by atoms with Crippen LogP contribution < -0.4 is 20.9 Å². The predicted octanol–water partition coefficient (Wildman–Crippen LogP) is 5.90. The van der Waals surface area contributed by atoms with Gasteiger partial charge < -0.3 is 20.9 Å². The highest BCUT2D eigenvalue weighted by molar-refractivity contribution is 9.10. The molecule has 0 radical (unpaired) electrons. The zero-order valence-corrected chi connectivity index (χ0v) is 27.3. The number of rotatable bonds is 4. The molecule has 0 bridgehead atoms. The molecular weight excluding hydrogens is 630 g/mol. The average Bonchev–Trinajstić information content (AvgIpc) is 3.77. The van der Waals surface area contributed by atoms with Gasteiger partial charge in [0.25, 0.3) is 11.4 Å². The molecule has 13 nitrogen and oxygen atoms in total. The van der Waals surface area contributed by atoms with Gasteiger partial charge in [-0.15, -0.1) is 0 Å². The molecule has 3 aliphatic rings. The number of nitrogens with one attached hydrogen (secondary N) is 1. The summed E-state index contributed by atoms with van der Waals surface area (Å²) in [7, 11) is 0. The standard InChI is InChI=1S/C10H13N3O2.C10H15N3.C6H5BrN2O2.C4H9N/c1-8-6-9(13(14)15)7-10(11-8)12-4-2-3-5-12;1-8-6-9(11)7-10(12-8)13-4-2-3-5-13;1-4-2-5(9(10)11)3-6(7)8-4;1-2-4-5-3-1/h6-7H,2-5H2,1H3;6-7H,2-5H2,1H3,(H2,11,12);2-3H,1H3;5H,1-4H2. The molecule has 14 heteroatoms. The Balaban J connectivity index is 0.000000168. The number of nitrogen functional groups attached to an aromatic ring is 1. The van der Waals surface area contributed by atoms with Crippen molar-refractivity contribution in [1.82, 2.24) is 20.3 Å². The first-order valence-corrected chi connectivity index (χ1v) is 15.7. The minimum Gasteiger partial charge on any atom is -0.399 e. The van der Waals surface area contributed by atoms with Gasteiger partial charge >= 0.3 is 0 Å². The van der Waals surface area contributed by atoms with Gasteiger partial charge in [-0.2, -0.15) is 0 Å². The molecule has 44 heavy (non-hydrogen) atoms. The molecule has 0 atom stereocenters. The minimum absolute atomic E-state index is 0.0596. The minimum atomic E-state index is -0.445. The fourth-order valence-corrected chi connectivity index (χ4v) is 5.49. The number of hydrogen-bond donors (Lipinski definition) is 2. The topological polar surface area (TPSA) is 169 Å². The van der Waals surface area contributed by atoms with E-state index < -0.39 is 4.92 Å². The first-order chi connectivity index (χ1) is 21.0. The third-order valence-corrected chi connectivity index (χ3v) is 7.44. The van der Waals surface area contributed by atoms with Gasteiger partial charge in [-0.05, 0) is 94.4 Å². The molecule has 0 saturated carbocycles. The molecule has 0 aliphatic carbocycles. The van der Waals surface area contributed by atoms with Crippen LogP contribution in [0.1, 0.15) is 55.6 Å². The van der Waals surface area contributed by atoms with Crippen molar-refractivity contribution >= 4 is 44.6 Å². The molecule has 3 saturated heterocycles. The maximum atomic E-state index is 10.7. The summed E-state index contributed by atoms with van der Waals surface area (Å²) in [6, 6.07) is 9.70. The van der Waals surface area contributed by atoms with Crippen molar-refractivity contribution in [3.8, 4) is 0 Å². The summed E-state index contributed by atoms with van der Waals surface area (Å²) >= 11 is 3.07. The van der Waals surface area contributed by atoms with Gasteiger partial charge in [0.1, 0.15) is 16.2 Å². The van der Waals surface area contributed by atoms with E-state index in [0.717, 1.165) is 62.0 Å². The van der Waals surface area contributed by atoms with Crippen LogP contribution in [0, 0.1) is 41.0 Å². The number of halogens is 1. The number of pyridine rings is 3. The highest BCUT2D eigenvalue weighted by Gasteiger charge is 2.17. The summed E-state index contributed by atoms with van der Waals surface area (Å²) in [6.07, 6.45) is 7.61. The molecule has 3 aromatic rings. The Bertz CT molecular complexity index is 1340. The number of nitro groups is 2. The lowest BCUT2D eigenvalue weighted by Crippen LogP contribution is -2.19. The lowest BCUT2D eigenvalue weighted by molar-refractivity contribution is -0.385. The Morgan fingerprint density at radius 3 is 1.52 bits per heavy atom. The summed E-state index contributed by atoms with van der Waals surface area (Å²) in [6.45, 7) is 12.1. The van der Waals surface area contributed by atoms with Gasteiger partial charge in [-0.25, -0.2) is 15.0 Å². The summed E-state index contributed by atoms with van der Waals surface area (Å²) in [4.78, 5) is 37.2. The molecule has 3 aromatic heterocycles. The molecule has 3 aliphatic heterocycles. The van der Waals surface area contributed by atoms with Gasteiger partial charge in [0.05, 0.1) is 15.9 Å². The number of nitrogens with two attached hydrogens (primary N) is 1. The number of anilines is 3. The summed E-state index contributed by atoms with van der Waals surface area (Å²) in [5.41, 5.74) is 9.10. The van der Waals surface area contributed by atoms with Gasteiger partial charge in [0, 0.05) is 73.2 Å². The molecule has 6 heterocycles. The van der Waals surface area contributed by atoms with Crippen LogP contribution in [0.2, 0.25) is 0 Å². The van der Waals surface area contributed by atoms with E-state index in [1.807, 2.05) is 19.1 Å². The number of aryl methyl sites for hydroxylation is 3. The van der Waals surface area contributed by atoms with Crippen LogP contribution in [0.3, 0.4) is 0 Å². The van der Waals surface area contributed by atoms with Crippen molar-refractivity contribution in [2.75, 3.05) is 54.8 Å². The Kier molecular flexibility index (Phi) is 13.7.